The van der Waals surface area contributed by atoms with Gasteiger partial charge in [-0.05, 0) is 31.5 Å². The van der Waals surface area contributed by atoms with Crippen molar-refractivity contribution in [1.29, 1.82) is 0 Å². The summed E-state index contributed by atoms with van der Waals surface area (Å²) in [6.07, 6.45) is 1.96. The van der Waals surface area contributed by atoms with E-state index in [4.69, 9.17) is 23.2 Å². The van der Waals surface area contributed by atoms with Gasteiger partial charge in [-0.2, -0.15) is 0 Å². The average Bonchev–Trinajstić information content (AvgIpc) is 2.38. The molecule has 5 heteroatoms. The Bertz CT molecular complexity index is 555. The average molecular weight is 310 g/mol. The number of nitrogens with one attached hydrogen (secondary N) is 1. The molecular weight excluding hydrogens is 293 g/mol. The van der Waals surface area contributed by atoms with Gasteiger partial charge in [0.05, 0.1) is 0 Å². The third-order valence-corrected chi connectivity index (χ3v) is 3.20. The molecule has 0 saturated carbocycles. The minimum atomic E-state index is 0.585. The summed E-state index contributed by atoms with van der Waals surface area (Å²) in [6.45, 7) is 4.99. The maximum absolute atomic E-state index is 6.05. The molecule has 3 nitrogen and oxygen atoms in total. The highest BCUT2D eigenvalue weighted by atomic mass is 35.5. The van der Waals surface area contributed by atoms with E-state index >= 15 is 0 Å². The summed E-state index contributed by atoms with van der Waals surface area (Å²) in [5, 5.41) is 4.40. The molecule has 0 bridgehead atoms. The van der Waals surface area contributed by atoms with Crippen LogP contribution >= 0.6 is 23.2 Å². The van der Waals surface area contributed by atoms with Crippen molar-refractivity contribution in [2.45, 2.75) is 26.7 Å². The molecule has 0 spiro atoms. The zero-order valence-corrected chi connectivity index (χ0v) is 13.1. The molecule has 2 rings (SSSR count). The molecule has 0 aliphatic carbocycles. The van der Waals surface area contributed by atoms with Gasteiger partial charge in [-0.25, -0.2) is 9.97 Å². The molecule has 2 aromatic rings. The fraction of sp³-hybridized carbons (Fsp3) is 0.333. The molecular formula is C15H17Cl2N3. The maximum Gasteiger partial charge on any atom is 0.161 e. The van der Waals surface area contributed by atoms with Crippen LogP contribution in [0, 0.1) is 0 Å². The number of halogens is 2. The smallest absolute Gasteiger partial charge is 0.161 e. The standard InChI is InChI=1S/C15H17Cl2N3/c1-3-5-13-9-14(18-4-2)20-15(19-13)10-6-11(16)8-12(17)7-10/h6-9H,3-5H2,1-2H3,(H,18,19,20). The zero-order valence-electron chi connectivity index (χ0n) is 11.6. The second-order valence-electron chi connectivity index (χ2n) is 4.51. The van der Waals surface area contributed by atoms with Gasteiger partial charge in [0.2, 0.25) is 0 Å². The number of benzene rings is 1. The first-order chi connectivity index (χ1) is 9.62. The number of rotatable bonds is 5. The molecule has 1 N–H and O–H groups in total. The number of hydrogen-bond acceptors (Lipinski definition) is 3. The van der Waals surface area contributed by atoms with Gasteiger partial charge in [0.1, 0.15) is 5.82 Å². The minimum Gasteiger partial charge on any atom is -0.370 e. The summed E-state index contributed by atoms with van der Waals surface area (Å²) in [4.78, 5) is 9.11. The van der Waals surface area contributed by atoms with Crippen LogP contribution in [0.1, 0.15) is 26.0 Å². The zero-order chi connectivity index (χ0) is 14.5. The van der Waals surface area contributed by atoms with Gasteiger partial charge in [-0.1, -0.05) is 36.5 Å². The van der Waals surface area contributed by atoms with Crippen molar-refractivity contribution in [3.05, 3.63) is 40.0 Å². The lowest BCUT2D eigenvalue weighted by Crippen LogP contribution is -2.04. The molecule has 106 valence electrons. The Morgan fingerprint density at radius 2 is 1.70 bits per heavy atom. The fourth-order valence-electron chi connectivity index (χ4n) is 1.97. The van der Waals surface area contributed by atoms with E-state index in [1.165, 1.54) is 0 Å². The van der Waals surface area contributed by atoms with E-state index in [2.05, 4.69) is 22.2 Å². The van der Waals surface area contributed by atoms with Crippen molar-refractivity contribution < 1.29 is 0 Å². The van der Waals surface area contributed by atoms with Crippen molar-refractivity contribution in [3.63, 3.8) is 0 Å². The summed E-state index contributed by atoms with van der Waals surface area (Å²) in [7, 11) is 0. The Kier molecular flexibility index (Phi) is 5.21. The predicted octanol–water partition coefficient (Wildman–Crippen LogP) is 4.83. The summed E-state index contributed by atoms with van der Waals surface area (Å²) < 4.78 is 0. The van der Waals surface area contributed by atoms with Crippen LogP contribution in [0.5, 0.6) is 0 Å². The highest BCUT2D eigenvalue weighted by molar-refractivity contribution is 6.35. The van der Waals surface area contributed by atoms with E-state index in [9.17, 15) is 0 Å². The molecule has 0 amide bonds. The highest BCUT2D eigenvalue weighted by Gasteiger charge is 2.08. The van der Waals surface area contributed by atoms with Crippen LogP contribution in [0.3, 0.4) is 0 Å². The molecule has 0 saturated heterocycles. The Hall–Kier alpha value is -1.32. The third-order valence-electron chi connectivity index (χ3n) is 2.76. The first-order valence-corrected chi connectivity index (χ1v) is 7.46. The van der Waals surface area contributed by atoms with Gasteiger partial charge in [0.25, 0.3) is 0 Å². The second kappa shape index (κ2) is 6.91. The predicted molar refractivity (Wildman–Crippen MR) is 85.6 cm³/mol. The first-order valence-electron chi connectivity index (χ1n) is 6.70. The van der Waals surface area contributed by atoms with Crippen LogP contribution in [-0.2, 0) is 6.42 Å². The van der Waals surface area contributed by atoms with Gasteiger partial charge in [-0.3, -0.25) is 0 Å². The molecule has 1 heterocycles. The minimum absolute atomic E-state index is 0.585. The van der Waals surface area contributed by atoms with Crippen LogP contribution < -0.4 is 5.32 Å². The molecule has 20 heavy (non-hydrogen) atoms. The van der Waals surface area contributed by atoms with Crippen LogP contribution in [-0.4, -0.2) is 16.5 Å². The number of aryl methyl sites for hydroxylation is 1. The summed E-state index contributed by atoms with van der Waals surface area (Å²) in [5.74, 6) is 1.48. The van der Waals surface area contributed by atoms with E-state index in [1.54, 1.807) is 6.07 Å². The Labute approximate surface area is 129 Å². The van der Waals surface area contributed by atoms with Crippen LogP contribution in [0.15, 0.2) is 24.3 Å². The normalized spacial score (nSPS) is 10.6. The molecule has 0 aliphatic rings. The van der Waals surface area contributed by atoms with E-state index in [0.717, 1.165) is 36.5 Å². The summed E-state index contributed by atoms with van der Waals surface area (Å²) in [6, 6.07) is 7.35. The van der Waals surface area contributed by atoms with Gasteiger partial charge < -0.3 is 5.32 Å². The first kappa shape index (κ1) is 15.1. The molecule has 0 aliphatic heterocycles. The fourth-order valence-corrected chi connectivity index (χ4v) is 2.49. The van der Waals surface area contributed by atoms with Crippen molar-refractivity contribution in [3.8, 4) is 11.4 Å². The van der Waals surface area contributed by atoms with E-state index in [1.807, 2.05) is 25.1 Å². The lowest BCUT2D eigenvalue weighted by Gasteiger charge is -2.09. The van der Waals surface area contributed by atoms with Crippen LogP contribution in [0.2, 0.25) is 10.0 Å². The number of anilines is 1. The van der Waals surface area contributed by atoms with E-state index in [-0.39, 0.29) is 0 Å². The SMILES string of the molecule is CCCc1cc(NCC)nc(-c2cc(Cl)cc(Cl)c2)n1. The van der Waals surface area contributed by atoms with Crippen molar-refractivity contribution in [2.24, 2.45) is 0 Å². The second-order valence-corrected chi connectivity index (χ2v) is 5.38. The van der Waals surface area contributed by atoms with Crippen molar-refractivity contribution >= 4 is 29.0 Å². The van der Waals surface area contributed by atoms with Crippen LogP contribution in [0.25, 0.3) is 11.4 Å². The number of nitrogens with zero attached hydrogens (tertiary/aromatic N) is 2. The molecule has 0 fully saturated rings. The summed E-state index contributed by atoms with van der Waals surface area (Å²) >= 11 is 12.1. The van der Waals surface area contributed by atoms with Crippen LogP contribution in [0.4, 0.5) is 5.82 Å². The number of hydrogen-bond donors (Lipinski definition) is 1. The summed E-state index contributed by atoms with van der Waals surface area (Å²) in [5.41, 5.74) is 1.85. The number of aromatic nitrogens is 2. The molecule has 0 atom stereocenters. The molecule has 1 aromatic heterocycles. The van der Waals surface area contributed by atoms with Gasteiger partial charge in [-0.15, -0.1) is 0 Å². The maximum atomic E-state index is 6.05. The lowest BCUT2D eigenvalue weighted by molar-refractivity contribution is 0.875. The molecule has 0 radical (unpaired) electrons. The highest BCUT2D eigenvalue weighted by Crippen LogP contribution is 2.26. The molecule has 1 aromatic carbocycles. The monoisotopic (exact) mass is 309 g/mol. The topological polar surface area (TPSA) is 37.8 Å². The van der Waals surface area contributed by atoms with E-state index < -0.39 is 0 Å². The van der Waals surface area contributed by atoms with Gasteiger partial charge in [0, 0.05) is 33.9 Å². The molecule has 0 unspecified atom stereocenters. The van der Waals surface area contributed by atoms with Crippen molar-refractivity contribution in [2.75, 3.05) is 11.9 Å². The van der Waals surface area contributed by atoms with E-state index in [0.29, 0.717) is 15.9 Å². The Balaban J connectivity index is 2.48. The lowest BCUT2D eigenvalue weighted by atomic mass is 10.2. The van der Waals surface area contributed by atoms with Gasteiger partial charge >= 0.3 is 0 Å². The van der Waals surface area contributed by atoms with Gasteiger partial charge in [0.15, 0.2) is 5.82 Å². The quantitative estimate of drug-likeness (QED) is 0.859. The Morgan fingerprint density at radius 1 is 1.00 bits per heavy atom. The Morgan fingerprint density at radius 3 is 2.30 bits per heavy atom. The third kappa shape index (κ3) is 3.84. The van der Waals surface area contributed by atoms with Crippen molar-refractivity contribution in [1.82, 2.24) is 9.97 Å². The largest absolute Gasteiger partial charge is 0.370 e.